The molecule has 2 rings (SSSR count). The van der Waals surface area contributed by atoms with Gasteiger partial charge in [-0.2, -0.15) is 4.31 Å². The van der Waals surface area contributed by atoms with Crippen molar-refractivity contribution in [2.75, 3.05) is 32.6 Å². The van der Waals surface area contributed by atoms with E-state index in [1.54, 1.807) is 25.5 Å². The van der Waals surface area contributed by atoms with E-state index in [0.29, 0.717) is 25.5 Å². The van der Waals surface area contributed by atoms with Gasteiger partial charge in [0.1, 0.15) is 5.76 Å². The van der Waals surface area contributed by atoms with Gasteiger partial charge in [0.05, 0.1) is 31.3 Å². The normalized spacial score (nSPS) is 21.5. The zero-order valence-electron chi connectivity index (χ0n) is 13.4. The lowest BCUT2D eigenvalue weighted by molar-refractivity contribution is 0.0806. The molecule has 0 spiro atoms. The van der Waals surface area contributed by atoms with E-state index in [9.17, 15) is 8.42 Å². The fourth-order valence-electron chi connectivity index (χ4n) is 2.51. The third-order valence-electron chi connectivity index (χ3n) is 4.15. The standard InChI is InChI=1S/C15H25NO5S/c1-15(2)6-9-21-14(15)12-22(17,18)16(7-10-19-3)11-13-5-4-8-20-13/h4-5,8,14H,6-7,9-12H2,1-3H3. The number of furan rings is 1. The van der Waals surface area contributed by atoms with Gasteiger partial charge in [0.15, 0.2) is 0 Å². The molecule has 0 amide bonds. The van der Waals surface area contributed by atoms with Gasteiger partial charge in [-0.15, -0.1) is 0 Å². The largest absolute Gasteiger partial charge is 0.468 e. The molecule has 0 radical (unpaired) electrons. The van der Waals surface area contributed by atoms with Gasteiger partial charge >= 0.3 is 0 Å². The summed E-state index contributed by atoms with van der Waals surface area (Å²) in [6.45, 7) is 5.56. The maximum atomic E-state index is 12.8. The molecule has 1 fully saturated rings. The maximum absolute atomic E-state index is 12.8. The van der Waals surface area contributed by atoms with Gasteiger partial charge in [0.25, 0.3) is 0 Å². The molecule has 0 bridgehead atoms. The third kappa shape index (κ3) is 4.32. The summed E-state index contributed by atoms with van der Waals surface area (Å²) in [5.74, 6) is 0.607. The molecule has 1 aromatic heterocycles. The Labute approximate surface area is 132 Å². The zero-order chi connectivity index (χ0) is 16.2. The van der Waals surface area contributed by atoms with Gasteiger partial charge in [-0.05, 0) is 24.0 Å². The number of hydrogen-bond acceptors (Lipinski definition) is 5. The van der Waals surface area contributed by atoms with Gasteiger partial charge < -0.3 is 13.9 Å². The summed E-state index contributed by atoms with van der Waals surface area (Å²) in [7, 11) is -1.90. The second-order valence-corrected chi connectivity index (χ2v) is 8.30. The predicted molar refractivity (Wildman–Crippen MR) is 82.9 cm³/mol. The van der Waals surface area contributed by atoms with Crippen LogP contribution >= 0.6 is 0 Å². The van der Waals surface area contributed by atoms with Gasteiger partial charge in [-0.1, -0.05) is 13.8 Å². The number of ether oxygens (including phenoxy) is 2. The molecule has 1 aliphatic rings. The van der Waals surface area contributed by atoms with E-state index in [0.717, 1.165) is 6.42 Å². The zero-order valence-corrected chi connectivity index (χ0v) is 14.3. The fraction of sp³-hybridized carbons (Fsp3) is 0.733. The summed E-state index contributed by atoms with van der Waals surface area (Å²) in [5.41, 5.74) is -0.120. The van der Waals surface area contributed by atoms with Crippen molar-refractivity contribution in [2.24, 2.45) is 5.41 Å². The molecule has 1 aromatic rings. The monoisotopic (exact) mass is 331 g/mol. The number of sulfonamides is 1. The first-order chi connectivity index (χ1) is 10.3. The molecule has 6 nitrogen and oxygen atoms in total. The first-order valence-corrected chi connectivity index (χ1v) is 9.07. The van der Waals surface area contributed by atoms with Crippen LogP contribution in [0.25, 0.3) is 0 Å². The van der Waals surface area contributed by atoms with Crippen LogP contribution in [0.3, 0.4) is 0 Å². The topological polar surface area (TPSA) is 69.0 Å². The van der Waals surface area contributed by atoms with Crippen molar-refractivity contribution in [3.05, 3.63) is 24.2 Å². The van der Waals surface area contributed by atoms with E-state index in [1.165, 1.54) is 4.31 Å². The maximum Gasteiger partial charge on any atom is 0.217 e. The quantitative estimate of drug-likeness (QED) is 0.727. The van der Waals surface area contributed by atoms with Crippen molar-refractivity contribution in [2.45, 2.75) is 32.9 Å². The minimum Gasteiger partial charge on any atom is -0.468 e. The molecule has 1 saturated heterocycles. The Morgan fingerprint density at radius 1 is 1.45 bits per heavy atom. The highest BCUT2D eigenvalue weighted by Gasteiger charge is 2.40. The highest BCUT2D eigenvalue weighted by atomic mass is 32.2. The van der Waals surface area contributed by atoms with Crippen LogP contribution in [-0.4, -0.2) is 51.4 Å². The Balaban J connectivity index is 2.10. The van der Waals surface area contributed by atoms with Crippen molar-refractivity contribution in [3.63, 3.8) is 0 Å². The number of hydrogen-bond donors (Lipinski definition) is 0. The minimum absolute atomic E-state index is 0.00950. The van der Waals surface area contributed by atoms with Crippen molar-refractivity contribution in [1.82, 2.24) is 4.31 Å². The first kappa shape index (κ1) is 17.5. The van der Waals surface area contributed by atoms with Crippen molar-refractivity contribution >= 4 is 10.0 Å². The average molecular weight is 331 g/mol. The van der Waals surface area contributed by atoms with E-state index in [1.807, 2.05) is 13.8 Å². The Morgan fingerprint density at radius 2 is 2.23 bits per heavy atom. The van der Waals surface area contributed by atoms with Crippen LogP contribution < -0.4 is 0 Å². The van der Waals surface area contributed by atoms with Crippen LogP contribution in [-0.2, 0) is 26.0 Å². The van der Waals surface area contributed by atoms with E-state index < -0.39 is 10.0 Å². The molecule has 0 saturated carbocycles. The smallest absolute Gasteiger partial charge is 0.217 e. The van der Waals surface area contributed by atoms with Crippen molar-refractivity contribution in [1.29, 1.82) is 0 Å². The van der Waals surface area contributed by atoms with Gasteiger partial charge in [-0.25, -0.2) is 8.42 Å². The van der Waals surface area contributed by atoms with Crippen molar-refractivity contribution < 1.29 is 22.3 Å². The van der Waals surface area contributed by atoms with Crippen LogP contribution in [0.2, 0.25) is 0 Å². The Morgan fingerprint density at radius 3 is 2.77 bits per heavy atom. The molecule has 1 atom stereocenters. The molecule has 0 aliphatic carbocycles. The van der Waals surface area contributed by atoms with E-state index in [2.05, 4.69) is 0 Å². The lowest BCUT2D eigenvalue weighted by atomic mass is 9.87. The minimum atomic E-state index is -3.46. The summed E-state index contributed by atoms with van der Waals surface area (Å²) in [4.78, 5) is 0. The molecule has 1 aliphatic heterocycles. The summed E-state index contributed by atoms with van der Waals surface area (Å²) in [6.07, 6.45) is 2.14. The Kier molecular flexibility index (Phi) is 5.65. The molecule has 0 aromatic carbocycles. The molecule has 0 N–H and O–H groups in total. The number of nitrogens with zero attached hydrogens (tertiary/aromatic N) is 1. The predicted octanol–water partition coefficient (Wildman–Crippen LogP) is 1.87. The lowest BCUT2D eigenvalue weighted by Gasteiger charge is -2.28. The Hall–Kier alpha value is -0.890. The van der Waals surface area contributed by atoms with Crippen molar-refractivity contribution in [3.8, 4) is 0 Å². The lowest BCUT2D eigenvalue weighted by Crippen LogP contribution is -2.41. The van der Waals surface area contributed by atoms with E-state index in [4.69, 9.17) is 13.9 Å². The highest BCUT2D eigenvalue weighted by molar-refractivity contribution is 7.89. The first-order valence-electron chi connectivity index (χ1n) is 7.46. The van der Waals surface area contributed by atoms with E-state index >= 15 is 0 Å². The second kappa shape index (κ2) is 7.12. The Bertz CT molecular complexity index is 552. The van der Waals surface area contributed by atoms with Crippen LogP contribution in [0.15, 0.2) is 22.8 Å². The molecule has 1 unspecified atom stereocenters. The SMILES string of the molecule is COCCN(Cc1ccco1)S(=O)(=O)CC1OCCC1(C)C. The highest BCUT2D eigenvalue weighted by Crippen LogP contribution is 2.35. The van der Waals surface area contributed by atoms with Crippen LogP contribution in [0, 0.1) is 5.41 Å². The van der Waals surface area contributed by atoms with E-state index in [-0.39, 0.29) is 23.8 Å². The molecule has 7 heteroatoms. The van der Waals surface area contributed by atoms with Gasteiger partial charge in [0.2, 0.25) is 10.0 Å². The molecular weight excluding hydrogens is 306 g/mol. The third-order valence-corrected chi connectivity index (χ3v) is 5.97. The molecule has 22 heavy (non-hydrogen) atoms. The molecule has 2 heterocycles. The summed E-state index contributed by atoms with van der Waals surface area (Å²) in [5, 5.41) is 0. The molecule has 126 valence electrons. The van der Waals surface area contributed by atoms with Gasteiger partial charge in [0, 0.05) is 20.3 Å². The fourth-order valence-corrected chi connectivity index (χ4v) is 4.32. The van der Waals surface area contributed by atoms with Crippen LogP contribution in [0.5, 0.6) is 0 Å². The van der Waals surface area contributed by atoms with Crippen LogP contribution in [0.4, 0.5) is 0 Å². The number of rotatable bonds is 8. The van der Waals surface area contributed by atoms with Gasteiger partial charge in [-0.3, -0.25) is 0 Å². The van der Waals surface area contributed by atoms with Crippen LogP contribution in [0.1, 0.15) is 26.0 Å². The number of methoxy groups -OCH3 is 1. The second-order valence-electron chi connectivity index (χ2n) is 6.28. The summed E-state index contributed by atoms with van der Waals surface area (Å²) in [6, 6.07) is 3.52. The molecular formula is C15H25NO5S. The summed E-state index contributed by atoms with van der Waals surface area (Å²) >= 11 is 0. The average Bonchev–Trinajstić information content (AvgIpc) is 3.05. The summed E-state index contributed by atoms with van der Waals surface area (Å²) < 4.78 is 42.9.